The van der Waals surface area contributed by atoms with Gasteiger partial charge in [-0.2, -0.15) is 0 Å². The van der Waals surface area contributed by atoms with Crippen molar-refractivity contribution in [2.45, 2.75) is 13.0 Å². The third kappa shape index (κ3) is 3.17. The highest BCUT2D eigenvalue weighted by molar-refractivity contribution is 6.05. The maximum absolute atomic E-state index is 12.3. The van der Waals surface area contributed by atoms with E-state index in [1.165, 1.54) is 0 Å². The van der Waals surface area contributed by atoms with E-state index in [1.54, 1.807) is 37.3 Å². The van der Waals surface area contributed by atoms with E-state index in [4.69, 9.17) is 4.74 Å². The Morgan fingerprint density at radius 2 is 1.88 bits per heavy atom. The van der Waals surface area contributed by atoms with Crippen LogP contribution >= 0.6 is 0 Å². The van der Waals surface area contributed by atoms with Crippen molar-refractivity contribution in [1.82, 2.24) is 0 Å². The lowest BCUT2D eigenvalue weighted by Gasteiger charge is -2.23. The minimum Gasteiger partial charge on any atom is -0.479 e. The van der Waals surface area contributed by atoms with Gasteiger partial charge in [-0.05, 0) is 49.4 Å². The zero-order valence-electron chi connectivity index (χ0n) is 13.8. The van der Waals surface area contributed by atoms with E-state index in [0.717, 1.165) is 5.69 Å². The van der Waals surface area contributed by atoms with E-state index < -0.39 is 6.10 Å². The van der Waals surface area contributed by atoms with Crippen LogP contribution < -0.4 is 20.3 Å². The van der Waals surface area contributed by atoms with E-state index in [1.807, 2.05) is 31.1 Å². The number of carbonyl (C=O) groups excluding carboxylic acids is 2. The zero-order chi connectivity index (χ0) is 17.3. The number of amides is 2. The molecule has 6 nitrogen and oxygen atoms in total. The first kappa shape index (κ1) is 15.9. The van der Waals surface area contributed by atoms with E-state index in [0.29, 0.717) is 22.7 Å². The first-order valence-electron chi connectivity index (χ1n) is 7.64. The van der Waals surface area contributed by atoms with Gasteiger partial charge in [-0.15, -0.1) is 0 Å². The van der Waals surface area contributed by atoms with Gasteiger partial charge in [0.05, 0.1) is 5.69 Å². The molecule has 2 N–H and O–H groups in total. The summed E-state index contributed by atoms with van der Waals surface area (Å²) in [5.74, 6) is 0.178. The Hall–Kier alpha value is -3.02. The molecule has 0 spiro atoms. The first-order valence-corrected chi connectivity index (χ1v) is 7.64. The van der Waals surface area contributed by atoms with E-state index in [9.17, 15) is 9.59 Å². The van der Waals surface area contributed by atoms with Crippen LogP contribution in [0.1, 0.15) is 17.3 Å². The van der Waals surface area contributed by atoms with Gasteiger partial charge in [0.1, 0.15) is 5.75 Å². The minimum absolute atomic E-state index is 0.203. The van der Waals surface area contributed by atoms with Crippen LogP contribution in [0.2, 0.25) is 0 Å². The number of hydrogen-bond donors (Lipinski definition) is 2. The second-order valence-electron chi connectivity index (χ2n) is 5.86. The Morgan fingerprint density at radius 3 is 2.54 bits per heavy atom. The third-order valence-corrected chi connectivity index (χ3v) is 3.81. The lowest BCUT2D eigenvalue weighted by atomic mass is 10.1. The lowest BCUT2D eigenvalue weighted by molar-refractivity contribution is -0.122. The average molecular weight is 325 g/mol. The largest absolute Gasteiger partial charge is 0.479 e. The van der Waals surface area contributed by atoms with Gasteiger partial charge in [-0.25, -0.2) is 0 Å². The predicted molar refractivity (Wildman–Crippen MR) is 93.9 cm³/mol. The molecule has 3 rings (SSSR count). The second kappa shape index (κ2) is 6.23. The summed E-state index contributed by atoms with van der Waals surface area (Å²) in [7, 11) is 3.89. The molecule has 0 bridgehead atoms. The Morgan fingerprint density at radius 1 is 1.17 bits per heavy atom. The quantitative estimate of drug-likeness (QED) is 0.910. The summed E-state index contributed by atoms with van der Waals surface area (Å²) >= 11 is 0. The van der Waals surface area contributed by atoms with E-state index in [2.05, 4.69) is 10.6 Å². The van der Waals surface area contributed by atoms with Crippen molar-refractivity contribution in [3.63, 3.8) is 0 Å². The molecule has 1 atom stereocenters. The molecule has 0 saturated heterocycles. The number of ether oxygens (including phenoxy) is 1. The maximum atomic E-state index is 12.3. The summed E-state index contributed by atoms with van der Waals surface area (Å²) in [4.78, 5) is 26.0. The summed E-state index contributed by atoms with van der Waals surface area (Å²) in [6, 6.07) is 12.5. The molecular weight excluding hydrogens is 306 g/mol. The number of fused-ring (bicyclic) bond motifs is 1. The topological polar surface area (TPSA) is 70.7 Å². The fourth-order valence-corrected chi connectivity index (χ4v) is 2.40. The van der Waals surface area contributed by atoms with Crippen LogP contribution in [0.3, 0.4) is 0 Å². The number of anilines is 3. The summed E-state index contributed by atoms with van der Waals surface area (Å²) in [6.07, 6.45) is -0.520. The number of carbonyl (C=O) groups is 2. The second-order valence-corrected chi connectivity index (χ2v) is 5.86. The van der Waals surface area contributed by atoms with Gasteiger partial charge < -0.3 is 20.3 Å². The Bertz CT molecular complexity index is 785. The van der Waals surface area contributed by atoms with Crippen LogP contribution in [0.5, 0.6) is 5.75 Å². The standard InChI is InChI=1S/C18H19N3O3/c1-11-17(22)20-15-10-13(6-9-16(15)24-11)19-18(23)12-4-7-14(8-5-12)21(2)3/h4-11H,1-3H3,(H,19,23)(H,20,22). The minimum atomic E-state index is -0.520. The molecule has 1 unspecified atom stereocenters. The Kier molecular flexibility index (Phi) is 4.12. The monoisotopic (exact) mass is 325 g/mol. The highest BCUT2D eigenvalue weighted by Crippen LogP contribution is 2.32. The molecule has 1 heterocycles. The molecule has 24 heavy (non-hydrogen) atoms. The molecule has 2 amide bonds. The van der Waals surface area contributed by atoms with Gasteiger partial charge in [0.2, 0.25) is 0 Å². The van der Waals surface area contributed by atoms with Crippen molar-refractivity contribution in [3.05, 3.63) is 48.0 Å². The van der Waals surface area contributed by atoms with Crippen LogP contribution in [0.4, 0.5) is 17.1 Å². The molecule has 1 aliphatic heterocycles. The van der Waals surface area contributed by atoms with Gasteiger partial charge in [0.15, 0.2) is 6.10 Å². The van der Waals surface area contributed by atoms with E-state index >= 15 is 0 Å². The molecular formula is C18H19N3O3. The van der Waals surface area contributed by atoms with Gasteiger partial charge >= 0.3 is 0 Å². The molecule has 0 radical (unpaired) electrons. The lowest BCUT2D eigenvalue weighted by Crippen LogP contribution is -2.34. The predicted octanol–water partition coefficient (Wildman–Crippen LogP) is 2.72. The first-order chi connectivity index (χ1) is 11.4. The molecule has 6 heteroatoms. The van der Waals surface area contributed by atoms with Crippen LogP contribution in [-0.2, 0) is 4.79 Å². The van der Waals surface area contributed by atoms with Crippen molar-refractivity contribution in [1.29, 1.82) is 0 Å². The molecule has 0 aromatic heterocycles. The fraction of sp³-hybridized carbons (Fsp3) is 0.222. The van der Waals surface area contributed by atoms with Crippen molar-refractivity contribution >= 4 is 28.9 Å². The number of rotatable bonds is 3. The smallest absolute Gasteiger partial charge is 0.265 e. The molecule has 1 aliphatic rings. The van der Waals surface area contributed by atoms with Crippen LogP contribution in [-0.4, -0.2) is 32.0 Å². The molecule has 124 valence electrons. The van der Waals surface area contributed by atoms with Crippen LogP contribution in [0.25, 0.3) is 0 Å². The van der Waals surface area contributed by atoms with Crippen molar-refractivity contribution < 1.29 is 14.3 Å². The molecule has 0 saturated carbocycles. The summed E-state index contributed by atoms with van der Waals surface area (Å²) < 4.78 is 5.49. The van der Waals surface area contributed by atoms with Crippen LogP contribution in [0.15, 0.2) is 42.5 Å². The molecule has 2 aromatic rings. The van der Waals surface area contributed by atoms with Gasteiger partial charge in [0.25, 0.3) is 11.8 Å². The normalized spacial score (nSPS) is 15.8. The summed E-state index contributed by atoms with van der Waals surface area (Å²) in [5.41, 5.74) is 2.73. The number of nitrogens with one attached hydrogen (secondary N) is 2. The maximum Gasteiger partial charge on any atom is 0.265 e. The summed E-state index contributed by atoms with van der Waals surface area (Å²) in [6.45, 7) is 1.69. The van der Waals surface area contributed by atoms with Crippen molar-refractivity contribution in [3.8, 4) is 5.75 Å². The number of benzene rings is 2. The Labute approximate surface area is 140 Å². The van der Waals surface area contributed by atoms with Crippen LogP contribution in [0, 0.1) is 0 Å². The molecule has 2 aromatic carbocycles. The molecule has 0 aliphatic carbocycles. The zero-order valence-corrected chi connectivity index (χ0v) is 13.8. The van der Waals surface area contributed by atoms with Crippen molar-refractivity contribution in [2.75, 3.05) is 29.6 Å². The van der Waals surface area contributed by atoms with Gasteiger partial charge in [-0.1, -0.05) is 0 Å². The average Bonchev–Trinajstić information content (AvgIpc) is 2.56. The SMILES string of the molecule is CC1Oc2ccc(NC(=O)c3ccc(N(C)C)cc3)cc2NC1=O. The Balaban J connectivity index is 1.75. The number of hydrogen-bond acceptors (Lipinski definition) is 4. The fourth-order valence-electron chi connectivity index (χ4n) is 2.40. The third-order valence-electron chi connectivity index (χ3n) is 3.81. The highest BCUT2D eigenvalue weighted by atomic mass is 16.5. The highest BCUT2D eigenvalue weighted by Gasteiger charge is 2.23. The van der Waals surface area contributed by atoms with Gasteiger partial charge in [-0.3, -0.25) is 9.59 Å². The van der Waals surface area contributed by atoms with Crippen molar-refractivity contribution in [2.24, 2.45) is 0 Å². The van der Waals surface area contributed by atoms with Gasteiger partial charge in [0, 0.05) is 31.0 Å². The molecule has 0 fully saturated rings. The number of nitrogens with zero attached hydrogens (tertiary/aromatic N) is 1. The summed E-state index contributed by atoms with van der Waals surface area (Å²) in [5, 5.41) is 5.59. The van der Waals surface area contributed by atoms with E-state index in [-0.39, 0.29) is 11.8 Å².